The first kappa shape index (κ1) is 16.1. The zero-order valence-electron chi connectivity index (χ0n) is 12.6. The molecule has 2 atom stereocenters. The lowest BCUT2D eigenvalue weighted by molar-refractivity contribution is -0.211. The normalized spacial score (nSPS) is 33.4. The first-order chi connectivity index (χ1) is 8.25. The van der Waals surface area contributed by atoms with Crippen LogP contribution >= 0.6 is 7.92 Å². The maximum absolute atomic E-state index is 12.0. The molecule has 0 amide bonds. The zero-order valence-corrected chi connectivity index (χ0v) is 13.5. The van der Waals surface area contributed by atoms with E-state index in [1.165, 1.54) is 0 Å². The predicted molar refractivity (Wildman–Crippen MR) is 75.6 cm³/mol. The molecule has 1 aliphatic rings. The lowest BCUT2D eigenvalue weighted by Crippen LogP contribution is -2.44. The Labute approximate surface area is 112 Å². The fourth-order valence-electron chi connectivity index (χ4n) is 2.21. The first-order valence-electron chi connectivity index (χ1n) is 6.85. The minimum atomic E-state index is -0.871. The van der Waals surface area contributed by atoms with Crippen molar-refractivity contribution >= 4 is 13.4 Å². The second-order valence-corrected chi connectivity index (χ2v) is 8.54. The molecule has 0 bridgehead atoms. The van der Waals surface area contributed by atoms with Crippen LogP contribution in [0.4, 0.5) is 0 Å². The van der Waals surface area contributed by atoms with Gasteiger partial charge in [0.25, 0.3) is 0 Å². The highest BCUT2D eigenvalue weighted by atomic mass is 31.1. The van der Waals surface area contributed by atoms with Crippen LogP contribution in [0, 0.1) is 17.8 Å². The van der Waals surface area contributed by atoms with Gasteiger partial charge < -0.3 is 9.47 Å². The monoisotopic (exact) mass is 274 g/mol. The lowest BCUT2D eigenvalue weighted by atomic mass is 10.2. The fraction of sp³-hybridized carbons (Fsp3) is 0.929. The molecule has 106 valence electrons. The van der Waals surface area contributed by atoms with Gasteiger partial charge >= 0.3 is 0 Å². The van der Waals surface area contributed by atoms with Gasteiger partial charge in [0.2, 0.25) is 0 Å². The second kappa shape index (κ2) is 6.45. The van der Waals surface area contributed by atoms with Crippen molar-refractivity contribution in [1.29, 1.82) is 0 Å². The van der Waals surface area contributed by atoms with Crippen LogP contribution < -0.4 is 0 Å². The Morgan fingerprint density at radius 3 is 1.50 bits per heavy atom. The van der Waals surface area contributed by atoms with E-state index in [-0.39, 0.29) is 23.5 Å². The SMILES string of the molecule is CC(=O)P1C(C(C)C)OC(C(C)C)OC1C(C)C. The van der Waals surface area contributed by atoms with E-state index in [1.807, 2.05) is 0 Å². The van der Waals surface area contributed by atoms with Crippen molar-refractivity contribution in [3.05, 3.63) is 0 Å². The van der Waals surface area contributed by atoms with Crippen molar-refractivity contribution in [2.45, 2.75) is 66.4 Å². The average Bonchev–Trinajstić information content (AvgIpc) is 2.26. The number of hydrogen-bond donors (Lipinski definition) is 0. The maximum atomic E-state index is 12.0. The maximum Gasteiger partial charge on any atom is 0.161 e. The Bertz CT molecular complexity index is 271. The quantitative estimate of drug-likeness (QED) is 0.727. The molecule has 0 N–H and O–H groups in total. The second-order valence-electron chi connectivity index (χ2n) is 6.08. The molecule has 4 heteroatoms. The molecule has 1 rings (SSSR count). The predicted octanol–water partition coefficient (Wildman–Crippen LogP) is 4.01. The molecule has 18 heavy (non-hydrogen) atoms. The van der Waals surface area contributed by atoms with Gasteiger partial charge in [0, 0.05) is 13.8 Å². The van der Waals surface area contributed by atoms with Gasteiger partial charge in [0.15, 0.2) is 11.8 Å². The molecule has 1 saturated heterocycles. The summed E-state index contributed by atoms with van der Waals surface area (Å²) in [6.07, 6.45) is -0.178. The molecule has 0 saturated carbocycles. The van der Waals surface area contributed by atoms with Crippen LogP contribution in [0.1, 0.15) is 48.5 Å². The summed E-state index contributed by atoms with van der Waals surface area (Å²) in [6.45, 7) is 14.4. The molecular weight excluding hydrogens is 247 g/mol. The number of hydrogen-bond acceptors (Lipinski definition) is 3. The van der Waals surface area contributed by atoms with E-state index in [2.05, 4.69) is 41.5 Å². The molecule has 0 aromatic rings. The van der Waals surface area contributed by atoms with E-state index < -0.39 is 7.92 Å². The van der Waals surface area contributed by atoms with Crippen LogP contribution in [0.25, 0.3) is 0 Å². The third-order valence-corrected chi connectivity index (χ3v) is 6.40. The van der Waals surface area contributed by atoms with E-state index in [9.17, 15) is 4.79 Å². The lowest BCUT2D eigenvalue weighted by Gasteiger charge is -2.45. The van der Waals surface area contributed by atoms with Gasteiger partial charge in [-0.05, 0) is 18.8 Å². The van der Waals surface area contributed by atoms with Crippen molar-refractivity contribution in [3.63, 3.8) is 0 Å². The molecule has 0 spiro atoms. The first-order valence-corrected chi connectivity index (χ1v) is 8.33. The van der Waals surface area contributed by atoms with E-state index in [4.69, 9.17) is 9.47 Å². The standard InChI is InChI=1S/C14H27O3P/c1-8(2)12-16-13(9(3)4)18(11(7)15)14(17-12)10(5)6/h8-10,12-14H,1-7H3. The van der Waals surface area contributed by atoms with Crippen LogP contribution in [0.3, 0.4) is 0 Å². The highest BCUT2D eigenvalue weighted by Crippen LogP contribution is 2.57. The third-order valence-electron chi connectivity index (χ3n) is 3.14. The summed E-state index contributed by atoms with van der Waals surface area (Å²) >= 11 is 0. The fourth-order valence-corrected chi connectivity index (χ4v) is 5.01. The average molecular weight is 274 g/mol. The van der Waals surface area contributed by atoms with Gasteiger partial charge in [0.05, 0.1) is 11.7 Å². The molecule has 0 aliphatic carbocycles. The minimum absolute atomic E-state index is 0.0334. The molecule has 1 aliphatic heterocycles. The summed E-state index contributed by atoms with van der Waals surface area (Å²) < 4.78 is 12.1. The molecular formula is C14H27O3P. The summed E-state index contributed by atoms with van der Waals surface area (Å²) in [5.41, 5.74) is 0.240. The number of carbonyl (C=O) groups is 1. The molecule has 1 heterocycles. The van der Waals surface area contributed by atoms with Gasteiger partial charge in [-0.1, -0.05) is 41.5 Å². The van der Waals surface area contributed by atoms with Crippen molar-refractivity contribution in [3.8, 4) is 0 Å². The highest BCUT2D eigenvalue weighted by Gasteiger charge is 2.44. The summed E-state index contributed by atoms with van der Waals surface area (Å²) in [5, 5.41) is 0. The van der Waals surface area contributed by atoms with Gasteiger partial charge in [-0.25, -0.2) is 0 Å². The summed E-state index contributed by atoms with van der Waals surface area (Å²) in [7, 11) is -0.871. The van der Waals surface area contributed by atoms with Gasteiger partial charge in [-0.2, -0.15) is 0 Å². The molecule has 2 unspecified atom stereocenters. The molecule has 0 radical (unpaired) electrons. The third kappa shape index (κ3) is 3.53. The number of rotatable bonds is 4. The van der Waals surface area contributed by atoms with Crippen molar-refractivity contribution in [2.75, 3.05) is 0 Å². The highest BCUT2D eigenvalue weighted by molar-refractivity contribution is 7.75. The molecule has 3 nitrogen and oxygen atoms in total. The largest absolute Gasteiger partial charge is 0.344 e. The van der Waals surface area contributed by atoms with Crippen LogP contribution in [0.5, 0.6) is 0 Å². The van der Waals surface area contributed by atoms with Crippen LogP contribution in [-0.4, -0.2) is 23.5 Å². The summed E-state index contributed by atoms with van der Waals surface area (Å²) in [5.74, 6) is 1.09. The van der Waals surface area contributed by atoms with Crippen LogP contribution in [0.15, 0.2) is 0 Å². The number of ether oxygens (including phenoxy) is 2. The minimum Gasteiger partial charge on any atom is -0.344 e. The summed E-state index contributed by atoms with van der Waals surface area (Å²) in [6, 6.07) is 0. The molecule has 1 fully saturated rings. The smallest absolute Gasteiger partial charge is 0.161 e. The Hall–Kier alpha value is 0.0200. The van der Waals surface area contributed by atoms with E-state index in [1.54, 1.807) is 6.92 Å². The Balaban J connectivity index is 3.00. The summed E-state index contributed by atoms with van der Waals surface area (Å²) in [4.78, 5) is 12.0. The number of carbonyl (C=O) groups excluding carboxylic acids is 1. The molecule has 0 aromatic carbocycles. The van der Waals surface area contributed by atoms with Crippen molar-refractivity contribution in [1.82, 2.24) is 0 Å². The Morgan fingerprint density at radius 1 is 0.889 bits per heavy atom. The van der Waals surface area contributed by atoms with E-state index in [0.717, 1.165) is 0 Å². The van der Waals surface area contributed by atoms with Crippen molar-refractivity contribution in [2.24, 2.45) is 17.8 Å². The topological polar surface area (TPSA) is 35.5 Å². The molecule has 0 aromatic heterocycles. The van der Waals surface area contributed by atoms with Crippen LogP contribution in [-0.2, 0) is 14.3 Å². The van der Waals surface area contributed by atoms with Crippen molar-refractivity contribution < 1.29 is 14.3 Å². The Kier molecular flexibility index (Phi) is 5.76. The zero-order chi connectivity index (χ0) is 14.0. The van der Waals surface area contributed by atoms with E-state index in [0.29, 0.717) is 17.8 Å². The van der Waals surface area contributed by atoms with Crippen LogP contribution in [0.2, 0.25) is 0 Å². The van der Waals surface area contributed by atoms with Gasteiger partial charge in [0.1, 0.15) is 0 Å². The van der Waals surface area contributed by atoms with Gasteiger partial charge in [-0.15, -0.1) is 0 Å². The van der Waals surface area contributed by atoms with E-state index >= 15 is 0 Å². The van der Waals surface area contributed by atoms with Gasteiger partial charge in [-0.3, -0.25) is 4.79 Å². The Morgan fingerprint density at radius 2 is 1.28 bits per heavy atom.